The molecule has 0 bridgehead atoms. The Labute approximate surface area is 167 Å². The third-order valence-electron chi connectivity index (χ3n) is 6.21. The van der Waals surface area contributed by atoms with Crippen LogP contribution in [0.25, 0.3) is 0 Å². The number of H-pyrrole nitrogens is 1. The maximum Gasteiger partial charge on any atom is 0.237 e. The smallest absolute Gasteiger partial charge is 0.237 e. The average molecular weight is 382 g/mol. The normalized spacial score (nSPS) is 24.9. The van der Waals surface area contributed by atoms with Gasteiger partial charge in [-0.1, -0.05) is 30.3 Å². The highest BCUT2D eigenvalue weighted by Gasteiger charge is 2.31. The van der Waals surface area contributed by atoms with Gasteiger partial charge in [-0.25, -0.2) is 0 Å². The first-order valence-electron chi connectivity index (χ1n) is 10.5. The molecule has 28 heavy (non-hydrogen) atoms. The molecule has 2 fully saturated rings. The van der Waals surface area contributed by atoms with E-state index < -0.39 is 0 Å². The zero-order valence-corrected chi connectivity index (χ0v) is 16.7. The molecule has 2 saturated heterocycles. The number of amides is 1. The molecule has 1 amide bonds. The second-order valence-electron chi connectivity index (χ2n) is 8.24. The van der Waals surface area contributed by atoms with Crippen molar-refractivity contribution in [3.05, 3.63) is 53.9 Å². The average Bonchev–Trinajstić information content (AvgIpc) is 3.41. The molecule has 0 spiro atoms. The molecule has 0 radical (unpaired) electrons. The fourth-order valence-corrected chi connectivity index (χ4v) is 4.53. The molecule has 2 aliphatic heterocycles. The van der Waals surface area contributed by atoms with Gasteiger partial charge < -0.3 is 5.32 Å². The minimum absolute atomic E-state index is 0.0890. The van der Waals surface area contributed by atoms with E-state index >= 15 is 0 Å². The summed E-state index contributed by atoms with van der Waals surface area (Å²) >= 11 is 0. The van der Waals surface area contributed by atoms with Crippen molar-refractivity contribution in [2.45, 2.75) is 50.7 Å². The molecule has 1 aromatic heterocycles. The summed E-state index contributed by atoms with van der Waals surface area (Å²) in [5.74, 6) is 0.608. The Morgan fingerprint density at radius 1 is 1.21 bits per heavy atom. The van der Waals surface area contributed by atoms with Crippen LogP contribution in [0.15, 0.2) is 42.6 Å². The van der Waals surface area contributed by atoms with Gasteiger partial charge in [-0.2, -0.15) is 5.10 Å². The topological polar surface area (TPSA) is 64.3 Å². The van der Waals surface area contributed by atoms with Gasteiger partial charge in [0.25, 0.3) is 0 Å². The molecule has 2 aliphatic rings. The number of aromatic nitrogens is 2. The van der Waals surface area contributed by atoms with Crippen LogP contribution < -0.4 is 5.32 Å². The van der Waals surface area contributed by atoms with E-state index in [1.807, 2.05) is 13.1 Å². The largest absolute Gasteiger partial charge is 0.351 e. The number of benzene rings is 1. The van der Waals surface area contributed by atoms with E-state index in [9.17, 15) is 4.79 Å². The third kappa shape index (κ3) is 4.62. The summed E-state index contributed by atoms with van der Waals surface area (Å²) in [6, 6.07) is 12.8. The summed E-state index contributed by atoms with van der Waals surface area (Å²) in [4.78, 5) is 17.6. The number of hydrogen-bond donors (Lipinski definition) is 2. The molecule has 6 heteroatoms. The Balaban J connectivity index is 1.26. The summed E-state index contributed by atoms with van der Waals surface area (Å²) in [6.07, 6.45) is 5.12. The van der Waals surface area contributed by atoms with Crippen molar-refractivity contribution in [1.29, 1.82) is 0 Å². The summed E-state index contributed by atoms with van der Waals surface area (Å²) in [6.45, 7) is 6.89. The molecule has 1 aromatic carbocycles. The molecular weight excluding hydrogens is 350 g/mol. The van der Waals surface area contributed by atoms with Crippen LogP contribution in [0.2, 0.25) is 0 Å². The standard InChI is InChI=1S/C22H31N5O/c1-17(27-12-5-8-19(15-27)21-9-11-23-25-21)22(28)24-20-10-13-26(16-20)14-18-6-3-2-4-7-18/h2-4,6-7,9,11,17,19-20H,5,8,10,12-16H2,1H3,(H,23,25)(H,24,28). The summed E-state index contributed by atoms with van der Waals surface area (Å²) in [5.41, 5.74) is 2.52. The van der Waals surface area contributed by atoms with Crippen molar-refractivity contribution in [2.75, 3.05) is 26.2 Å². The maximum atomic E-state index is 12.9. The zero-order chi connectivity index (χ0) is 19.3. The van der Waals surface area contributed by atoms with Crippen LogP contribution in [0, 0.1) is 0 Å². The van der Waals surface area contributed by atoms with E-state index in [1.165, 1.54) is 11.3 Å². The summed E-state index contributed by atoms with van der Waals surface area (Å²) in [7, 11) is 0. The van der Waals surface area contributed by atoms with Gasteiger partial charge in [0.2, 0.25) is 5.91 Å². The Morgan fingerprint density at radius 2 is 2.07 bits per heavy atom. The lowest BCUT2D eigenvalue weighted by atomic mass is 9.94. The number of likely N-dealkylation sites (tertiary alicyclic amines) is 2. The zero-order valence-electron chi connectivity index (χ0n) is 16.7. The predicted octanol–water partition coefficient (Wildman–Crippen LogP) is 2.37. The molecule has 4 rings (SSSR count). The first-order valence-corrected chi connectivity index (χ1v) is 10.5. The molecule has 150 valence electrons. The van der Waals surface area contributed by atoms with Crippen LogP contribution in [0.1, 0.15) is 43.4 Å². The Hall–Kier alpha value is -2.18. The van der Waals surface area contributed by atoms with Crippen molar-refractivity contribution in [2.24, 2.45) is 0 Å². The number of hydrogen-bond acceptors (Lipinski definition) is 4. The third-order valence-corrected chi connectivity index (χ3v) is 6.21. The monoisotopic (exact) mass is 381 g/mol. The Kier molecular flexibility index (Phi) is 6.07. The molecule has 3 heterocycles. The van der Waals surface area contributed by atoms with E-state index in [0.717, 1.165) is 52.0 Å². The Bertz CT molecular complexity index is 748. The molecule has 2 aromatic rings. The molecular formula is C22H31N5O. The second kappa shape index (κ2) is 8.88. The molecule has 0 saturated carbocycles. The quantitative estimate of drug-likeness (QED) is 0.806. The molecule has 3 unspecified atom stereocenters. The van der Waals surface area contributed by atoms with Crippen molar-refractivity contribution >= 4 is 5.91 Å². The van der Waals surface area contributed by atoms with Crippen LogP contribution in [0.4, 0.5) is 0 Å². The predicted molar refractivity (Wildman–Crippen MR) is 110 cm³/mol. The number of aromatic amines is 1. The van der Waals surface area contributed by atoms with Crippen molar-refractivity contribution < 1.29 is 4.79 Å². The van der Waals surface area contributed by atoms with Gasteiger partial charge in [0.1, 0.15) is 0 Å². The van der Waals surface area contributed by atoms with Crippen LogP contribution in [-0.2, 0) is 11.3 Å². The second-order valence-corrected chi connectivity index (χ2v) is 8.24. The van der Waals surface area contributed by atoms with Crippen LogP contribution >= 0.6 is 0 Å². The highest BCUT2D eigenvalue weighted by molar-refractivity contribution is 5.81. The fourth-order valence-electron chi connectivity index (χ4n) is 4.53. The molecule has 6 nitrogen and oxygen atoms in total. The van der Waals surface area contributed by atoms with Crippen LogP contribution in [0.5, 0.6) is 0 Å². The van der Waals surface area contributed by atoms with Gasteiger partial charge in [-0.15, -0.1) is 0 Å². The maximum absolute atomic E-state index is 12.9. The van der Waals surface area contributed by atoms with Gasteiger partial charge in [-0.3, -0.25) is 19.7 Å². The van der Waals surface area contributed by atoms with E-state index in [2.05, 4.69) is 61.7 Å². The first kappa shape index (κ1) is 19.2. The van der Waals surface area contributed by atoms with Crippen LogP contribution in [-0.4, -0.2) is 64.2 Å². The van der Waals surface area contributed by atoms with Crippen molar-refractivity contribution in [1.82, 2.24) is 25.3 Å². The SMILES string of the molecule is CC(C(=O)NC1CCN(Cc2ccccc2)C1)N1CCCC(c2ccn[nH]2)C1. The minimum Gasteiger partial charge on any atom is -0.351 e. The molecule has 3 atom stereocenters. The lowest BCUT2D eigenvalue weighted by molar-refractivity contribution is -0.127. The van der Waals surface area contributed by atoms with Gasteiger partial charge >= 0.3 is 0 Å². The van der Waals surface area contributed by atoms with E-state index in [0.29, 0.717) is 5.92 Å². The van der Waals surface area contributed by atoms with Gasteiger partial charge in [0, 0.05) is 50.0 Å². The number of piperidine rings is 1. The highest BCUT2D eigenvalue weighted by atomic mass is 16.2. The minimum atomic E-state index is -0.0890. The van der Waals surface area contributed by atoms with Gasteiger partial charge in [0.05, 0.1) is 6.04 Å². The van der Waals surface area contributed by atoms with Crippen LogP contribution in [0.3, 0.4) is 0 Å². The number of nitrogens with zero attached hydrogens (tertiary/aromatic N) is 3. The number of nitrogens with one attached hydrogen (secondary N) is 2. The summed E-state index contributed by atoms with van der Waals surface area (Å²) < 4.78 is 0. The number of carbonyl (C=O) groups excluding carboxylic acids is 1. The Morgan fingerprint density at radius 3 is 2.86 bits per heavy atom. The van der Waals surface area contributed by atoms with Gasteiger partial charge in [0.15, 0.2) is 0 Å². The van der Waals surface area contributed by atoms with E-state index in [4.69, 9.17) is 0 Å². The van der Waals surface area contributed by atoms with Crippen molar-refractivity contribution in [3.63, 3.8) is 0 Å². The molecule has 2 N–H and O–H groups in total. The summed E-state index contributed by atoms with van der Waals surface area (Å²) in [5, 5.41) is 10.5. The van der Waals surface area contributed by atoms with E-state index in [-0.39, 0.29) is 18.0 Å². The lowest BCUT2D eigenvalue weighted by Gasteiger charge is -2.36. The first-order chi connectivity index (χ1) is 13.7. The fraction of sp³-hybridized carbons (Fsp3) is 0.545. The number of carbonyl (C=O) groups is 1. The molecule has 0 aliphatic carbocycles. The van der Waals surface area contributed by atoms with Gasteiger partial charge in [-0.05, 0) is 44.4 Å². The number of rotatable bonds is 6. The van der Waals surface area contributed by atoms with Crippen molar-refractivity contribution in [3.8, 4) is 0 Å². The lowest BCUT2D eigenvalue weighted by Crippen LogP contribution is -2.51. The van der Waals surface area contributed by atoms with E-state index in [1.54, 1.807) is 0 Å². The highest BCUT2D eigenvalue weighted by Crippen LogP contribution is 2.26.